The summed E-state index contributed by atoms with van der Waals surface area (Å²) in [5.41, 5.74) is 0.510. The van der Waals surface area contributed by atoms with Gasteiger partial charge in [0.2, 0.25) is 0 Å². The van der Waals surface area contributed by atoms with Gasteiger partial charge in [-0.15, -0.1) is 0 Å². The van der Waals surface area contributed by atoms with E-state index in [1.807, 2.05) is 0 Å². The second-order valence-corrected chi connectivity index (χ2v) is 5.42. The Morgan fingerprint density at radius 3 is 2.21 bits per heavy atom. The van der Waals surface area contributed by atoms with Gasteiger partial charge in [-0.3, -0.25) is 14.9 Å². The third-order valence-corrected chi connectivity index (χ3v) is 3.62. The SMILES string of the molecule is O=C1NC(=O)N(c2ccc(Cl)cc2)C(=O)C1=Cc1ccc(F)cc1. The molecular formula is C17H10ClFN2O3. The van der Waals surface area contributed by atoms with Gasteiger partial charge in [-0.05, 0) is 48.0 Å². The van der Waals surface area contributed by atoms with Gasteiger partial charge in [-0.25, -0.2) is 14.1 Å². The second kappa shape index (κ2) is 6.25. The number of carbonyl (C=O) groups is 3. The summed E-state index contributed by atoms with van der Waals surface area (Å²) in [6.45, 7) is 0. The molecular weight excluding hydrogens is 335 g/mol. The molecule has 0 atom stereocenters. The zero-order chi connectivity index (χ0) is 17.3. The molecule has 7 heteroatoms. The van der Waals surface area contributed by atoms with E-state index < -0.39 is 23.7 Å². The zero-order valence-corrected chi connectivity index (χ0v) is 12.9. The minimum absolute atomic E-state index is 0.226. The maximum atomic E-state index is 13.0. The molecule has 0 aromatic heterocycles. The summed E-state index contributed by atoms with van der Waals surface area (Å²) in [7, 11) is 0. The molecule has 120 valence electrons. The van der Waals surface area contributed by atoms with Crippen molar-refractivity contribution in [2.45, 2.75) is 0 Å². The molecule has 1 aliphatic rings. The minimum Gasteiger partial charge on any atom is -0.273 e. The van der Waals surface area contributed by atoms with E-state index in [9.17, 15) is 18.8 Å². The van der Waals surface area contributed by atoms with Crippen molar-refractivity contribution in [1.82, 2.24) is 5.32 Å². The molecule has 1 fully saturated rings. The van der Waals surface area contributed by atoms with Crippen molar-refractivity contribution >= 4 is 41.2 Å². The van der Waals surface area contributed by atoms with E-state index in [4.69, 9.17) is 11.6 Å². The van der Waals surface area contributed by atoms with Crippen molar-refractivity contribution < 1.29 is 18.8 Å². The molecule has 24 heavy (non-hydrogen) atoms. The summed E-state index contributed by atoms with van der Waals surface area (Å²) >= 11 is 5.80. The molecule has 1 saturated heterocycles. The Balaban J connectivity index is 1.99. The molecule has 0 saturated carbocycles. The van der Waals surface area contributed by atoms with Crippen LogP contribution in [0.5, 0.6) is 0 Å². The van der Waals surface area contributed by atoms with Crippen LogP contribution in [0.25, 0.3) is 6.08 Å². The van der Waals surface area contributed by atoms with Crippen molar-refractivity contribution in [3.8, 4) is 0 Å². The van der Waals surface area contributed by atoms with Gasteiger partial charge in [0.05, 0.1) is 5.69 Å². The van der Waals surface area contributed by atoms with Crippen molar-refractivity contribution in [1.29, 1.82) is 0 Å². The van der Waals surface area contributed by atoms with Gasteiger partial charge in [0.15, 0.2) is 0 Å². The van der Waals surface area contributed by atoms with E-state index in [1.54, 1.807) is 0 Å². The molecule has 0 radical (unpaired) electrons. The van der Waals surface area contributed by atoms with E-state index in [-0.39, 0.29) is 11.3 Å². The highest BCUT2D eigenvalue weighted by Crippen LogP contribution is 2.23. The monoisotopic (exact) mass is 344 g/mol. The van der Waals surface area contributed by atoms with Crippen LogP contribution in [0.3, 0.4) is 0 Å². The molecule has 0 spiro atoms. The van der Waals surface area contributed by atoms with Gasteiger partial charge < -0.3 is 0 Å². The van der Waals surface area contributed by atoms with E-state index >= 15 is 0 Å². The summed E-state index contributed by atoms with van der Waals surface area (Å²) in [4.78, 5) is 37.4. The number of benzene rings is 2. The molecule has 1 heterocycles. The van der Waals surface area contributed by atoms with Crippen molar-refractivity contribution in [2.75, 3.05) is 4.90 Å². The largest absolute Gasteiger partial charge is 0.335 e. The van der Waals surface area contributed by atoms with Gasteiger partial charge >= 0.3 is 6.03 Å². The fraction of sp³-hybridized carbons (Fsp3) is 0. The number of anilines is 1. The lowest BCUT2D eigenvalue weighted by Crippen LogP contribution is -2.54. The Labute approximate surface area is 141 Å². The lowest BCUT2D eigenvalue weighted by molar-refractivity contribution is -0.122. The molecule has 2 aromatic rings. The average molecular weight is 345 g/mol. The van der Waals surface area contributed by atoms with Crippen molar-refractivity contribution in [3.63, 3.8) is 0 Å². The van der Waals surface area contributed by atoms with Crippen LogP contribution in [-0.4, -0.2) is 17.8 Å². The quantitative estimate of drug-likeness (QED) is 0.672. The number of carbonyl (C=O) groups excluding carboxylic acids is 3. The summed E-state index contributed by atoms with van der Waals surface area (Å²) < 4.78 is 13.0. The molecule has 5 nitrogen and oxygen atoms in total. The van der Waals surface area contributed by atoms with Crippen LogP contribution < -0.4 is 10.2 Å². The average Bonchev–Trinajstić information content (AvgIpc) is 2.55. The Morgan fingerprint density at radius 2 is 1.58 bits per heavy atom. The van der Waals surface area contributed by atoms with Gasteiger partial charge in [0.25, 0.3) is 11.8 Å². The molecule has 3 rings (SSSR count). The maximum absolute atomic E-state index is 13.0. The third-order valence-electron chi connectivity index (χ3n) is 3.37. The van der Waals surface area contributed by atoms with Gasteiger partial charge in [0.1, 0.15) is 11.4 Å². The Bertz CT molecular complexity index is 860. The predicted molar refractivity (Wildman–Crippen MR) is 86.9 cm³/mol. The first-order chi connectivity index (χ1) is 11.5. The summed E-state index contributed by atoms with van der Waals surface area (Å²) in [6, 6.07) is 10.4. The number of nitrogens with one attached hydrogen (secondary N) is 1. The number of urea groups is 1. The molecule has 0 unspecified atom stereocenters. The normalized spacial score (nSPS) is 16.5. The van der Waals surface area contributed by atoms with E-state index in [0.717, 1.165) is 4.90 Å². The highest BCUT2D eigenvalue weighted by Gasteiger charge is 2.36. The molecule has 4 amide bonds. The van der Waals surface area contributed by atoms with Crippen molar-refractivity contribution in [2.24, 2.45) is 0 Å². The topological polar surface area (TPSA) is 66.5 Å². The predicted octanol–water partition coefficient (Wildman–Crippen LogP) is 3.15. The zero-order valence-electron chi connectivity index (χ0n) is 12.1. The lowest BCUT2D eigenvalue weighted by atomic mass is 10.1. The van der Waals surface area contributed by atoms with Crippen LogP contribution >= 0.6 is 11.6 Å². The first-order valence-electron chi connectivity index (χ1n) is 6.88. The summed E-state index contributed by atoms with van der Waals surface area (Å²) in [5.74, 6) is -2.01. The van der Waals surface area contributed by atoms with Gasteiger partial charge in [-0.1, -0.05) is 23.7 Å². The van der Waals surface area contributed by atoms with Crippen LogP contribution in [0.4, 0.5) is 14.9 Å². The number of nitrogens with zero attached hydrogens (tertiary/aromatic N) is 1. The smallest absolute Gasteiger partial charge is 0.273 e. The van der Waals surface area contributed by atoms with E-state index in [1.165, 1.54) is 54.6 Å². The van der Waals surface area contributed by atoms with Crippen LogP contribution in [0.15, 0.2) is 54.1 Å². The number of imide groups is 2. The third kappa shape index (κ3) is 3.04. The van der Waals surface area contributed by atoms with Crippen LogP contribution in [0.2, 0.25) is 5.02 Å². The van der Waals surface area contributed by atoms with Crippen molar-refractivity contribution in [3.05, 3.63) is 70.5 Å². The number of barbiturate groups is 1. The highest BCUT2D eigenvalue weighted by molar-refractivity contribution is 6.39. The molecule has 1 N–H and O–H groups in total. The molecule has 0 aliphatic carbocycles. The molecule has 2 aromatic carbocycles. The molecule has 0 bridgehead atoms. The Kier molecular flexibility index (Phi) is 4.14. The Morgan fingerprint density at radius 1 is 0.958 bits per heavy atom. The van der Waals surface area contributed by atoms with Gasteiger partial charge in [-0.2, -0.15) is 0 Å². The first kappa shape index (κ1) is 15.9. The summed E-state index contributed by atoms with van der Waals surface area (Å²) in [5, 5.41) is 2.55. The number of rotatable bonds is 2. The maximum Gasteiger partial charge on any atom is 0.335 e. The van der Waals surface area contributed by atoms with E-state index in [0.29, 0.717) is 10.6 Å². The lowest BCUT2D eigenvalue weighted by Gasteiger charge is -2.26. The van der Waals surface area contributed by atoms with E-state index in [2.05, 4.69) is 5.32 Å². The fourth-order valence-electron chi connectivity index (χ4n) is 2.21. The number of hydrogen-bond acceptors (Lipinski definition) is 3. The summed E-state index contributed by atoms with van der Waals surface area (Å²) in [6.07, 6.45) is 1.30. The van der Waals surface area contributed by atoms with Crippen LogP contribution in [-0.2, 0) is 9.59 Å². The number of amides is 4. The fourth-order valence-corrected chi connectivity index (χ4v) is 2.33. The first-order valence-corrected chi connectivity index (χ1v) is 7.26. The number of hydrogen-bond donors (Lipinski definition) is 1. The van der Waals surface area contributed by atoms with Crippen LogP contribution in [0.1, 0.15) is 5.56 Å². The second-order valence-electron chi connectivity index (χ2n) is 4.99. The molecule has 1 aliphatic heterocycles. The minimum atomic E-state index is -0.844. The number of halogens is 2. The highest BCUT2D eigenvalue weighted by atomic mass is 35.5. The van der Waals surface area contributed by atoms with Crippen LogP contribution in [0, 0.1) is 5.82 Å². The Hall–Kier alpha value is -2.99. The van der Waals surface area contributed by atoms with Gasteiger partial charge in [0, 0.05) is 5.02 Å². The standard InChI is InChI=1S/C17H10ClFN2O3/c18-11-3-7-13(8-4-11)21-16(23)14(15(22)20-17(21)24)9-10-1-5-12(19)6-2-10/h1-9H,(H,20,22,24).